The number of nitrogens with zero attached hydrogens (tertiary/aromatic N) is 2. The third-order valence-electron chi connectivity index (χ3n) is 3.37. The van der Waals surface area contributed by atoms with Gasteiger partial charge in [0.2, 0.25) is 0 Å². The number of aryl methyl sites for hydroxylation is 1. The van der Waals surface area contributed by atoms with E-state index in [1.807, 2.05) is 0 Å². The van der Waals surface area contributed by atoms with E-state index >= 15 is 0 Å². The lowest BCUT2D eigenvalue weighted by molar-refractivity contribution is 0.631. The largest absolute Gasteiger partial charge is 0.271 e. The van der Waals surface area contributed by atoms with E-state index in [1.165, 1.54) is 17.1 Å². The summed E-state index contributed by atoms with van der Waals surface area (Å²) in [6, 6.07) is 8.58. The summed E-state index contributed by atoms with van der Waals surface area (Å²) >= 11 is 1.42. The van der Waals surface area contributed by atoms with Gasteiger partial charge in [-0.15, -0.1) is 5.10 Å². The Kier molecular flexibility index (Phi) is 5.23. The zero-order chi connectivity index (χ0) is 14.5. The SMILES string of the molecule is CCCc1ccc(C(NN)c2snnc2C(C)C)cc1. The highest BCUT2D eigenvalue weighted by Crippen LogP contribution is 2.30. The van der Waals surface area contributed by atoms with Crippen LogP contribution in [0.1, 0.15) is 60.8 Å². The molecule has 0 amide bonds. The van der Waals surface area contributed by atoms with Crippen molar-refractivity contribution in [1.82, 2.24) is 15.0 Å². The number of hydrogen-bond donors (Lipinski definition) is 2. The van der Waals surface area contributed by atoms with Gasteiger partial charge in [-0.1, -0.05) is 55.9 Å². The van der Waals surface area contributed by atoms with Gasteiger partial charge in [0.05, 0.1) is 16.6 Å². The van der Waals surface area contributed by atoms with Gasteiger partial charge in [0.1, 0.15) is 0 Å². The van der Waals surface area contributed by atoms with Gasteiger partial charge >= 0.3 is 0 Å². The van der Waals surface area contributed by atoms with Crippen molar-refractivity contribution in [3.05, 3.63) is 46.0 Å². The Bertz CT molecular complexity index is 533. The standard InChI is InChI=1S/C15H22N4S/c1-4-5-11-6-8-12(9-7-11)14(17-16)15-13(10(2)3)18-19-20-15/h6-10,14,17H,4-5,16H2,1-3H3. The molecule has 2 aromatic rings. The third kappa shape index (κ3) is 3.23. The van der Waals surface area contributed by atoms with Crippen LogP contribution < -0.4 is 11.3 Å². The molecule has 1 unspecified atom stereocenters. The molecule has 1 aromatic heterocycles. The number of hydrazine groups is 1. The summed E-state index contributed by atoms with van der Waals surface area (Å²) < 4.78 is 4.08. The van der Waals surface area contributed by atoms with Gasteiger partial charge in [-0.25, -0.2) is 5.43 Å². The minimum Gasteiger partial charge on any atom is -0.271 e. The monoisotopic (exact) mass is 290 g/mol. The van der Waals surface area contributed by atoms with Gasteiger partial charge in [-0.2, -0.15) is 0 Å². The van der Waals surface area contributed by atoms with E-state index in [0.717, 1.165) is 29.0 Å². The second-order valence-electron chi connectivity index (χ2n) is 5.27. The number of hydrogen-bond acceptors (Lipinski definition) is 5. The van der Waals surface area contributed by atoms with Crippen molar-refractivity contribution < 1.29 is 0 Å². The van der Waals surface area contributed by atoms with Crippen molar-refractivity contribution in [2.45, 2.75) is 45.6 Å². The number of benzene rings is 1. The average Bonchev–Trinajstić information content (AvgIpc) is 2.91. The molecule has 108 valence electrons. The molecule has 0 saturated carbocycles. The van der Waals surface area contributed by atoms with Crippen LogP contribution in [0.2, 0.25) is 0 Å². The first-order valence-corrected chi connectivity index (χ1v) is 7.81. The maximum absolute atomic E-state index is 5.76. The number of nitrogens with one attached hydrogen (secondary N) is 1. The van der Waals surface area contributed by atoms with Gasteiger partial charge in [0.25, 0.3) is 0 Å². The molecule has 0 aliphatic heterocycles. The first-order valence-electron chi connectivity index (χ1n) is 7.04. The number of rotatable bonds is 6. The molecule has 5 heteroatoms. The van der Waals surface area contributed by atoms with Crippen LogP contribution in [0.25, 0.3) is 0 Å². The second-order valence-corrected chi connectivity index (χ2v) is 6.05. The summed E-state index contributed by atoms with van der Waals surface area (Å²) in [5.41, 5.74) is 6.43. The molecule has 1 atom stereocenters. The van der Waals surface area contributed by atoms with Crippen molar-refractivity contribution in [1.29, 1.82) is 0 Å². The van der Waals surface area contributed by atoms with Gasteiger partial charge < -0.3 is 0 Å². The first kappa shape index (κ1) is 15.1. The molecule has 0 saturated heterocycles. The highest BCUT2D eigenvalue weighted by Gasteiger charge is 2.21. The smallest absolute Gasteiger partial charge is 0.0837 e. The minimum absolute atomic E-state index is 0.0388. The molecule has 0 bridgehead atoms. The van der Waals surface area contributed by atoms with Gasteiger partial charge in [0, 0.05) is 0 Å². The molecule has 1 aromatic carbocycles. The van der Waals surface area contributed by atoms with Crippen LogP contribution in [-0.4, -0.2) is 9.59 Å². The van der Waals surface area contributed by atoms with E-state index in [1.54, 1.807) is 0 Å². The van der Waals surface area contributed by atoms with Crippen LogP contribution in [0, 0.1) is 0 Å². The van der Waals surface area contributed by atoms with Crippen LogP contribution in [0.15, 0.2) is 24.3 Å². The molecule has 1 heterocycles. The molecule has 2 rings (SSSR count). The highest BCUT2D eigenvalue weighted by molar-refractivity contribution is 7.05. The fourth-order valence-corrected chi connectivity index (χ4v) is 3.19. The predicted molar refractivity (Wildman–Crippen MR) is 83.6 cm³/mol. The third-order valence-corrected chi connectivity index (χ3v) is 4.17. The van der Waals surface area contributed by atoms with Crippen molar-refractivity contribution in [2.24, 2.45) is 5.84 Å². The van der Waals surface area contributed by atoms with Crippen LogP contribution in [0.3, 0.4) is 0 Å². The fourth-order valence-electron chi connectivity index (χ4n) is 2.29. The van der Waals surface area contributed by atoms with Crippen LogP contribution in [0.5, 0.6) is 0 Å². The molecular formula is C15H22N4S. The Morgan fingerprint density at radius 2 is 1.95 bits per heavy atom. The Labute approximate surface area is 124 Å². The molecule has 0 aliphatic rings. The zero-order valence-electron chi connectivity index (χ0n) is 12.3. The van der Waals surface area contributed by atoms with Crippen LogP contribution in [-0.2, 0) is 6.42 Å². The molecular weight excluding hydrogens is 268 g/mol. The normalized spacial score (nSPS) is 12.8. The summed E-state index contributed by atoms with van der Waals surface area (Å²) in [5.74, 6) is 6.11. The van der Waals surface area contributed by atoms with Crippen molar-refractivity contribution >= 4 is 11.5 Å². The van der Waals surface area contributed by atoms with Crippen molar-refractivity contribution in [3.8, 4) is 0 Å². The quantitative estimate of drug-likeness (QED) is 0.633. The molecule has 4 nitrogen and oxygen atoms in total. The van der Waals surface area contributed by atoms with E-state index < -0.39 is 0 Å². The average molecular weight is 290 g/mol. The van der Waals surface area contributed by atoms with Gasteiger partial charge in [-0.3, -0.25) is 5.84 Å². The summed E-state index contributed by atoms with van der Waals surface area (Å²) in [6.45, 7) is 6.44. The summed E-state index contributed by atoms with van der Waals surface area (Å²) in [6.07, 6.45) is 2.27. The van der Waals surface area contributed by atoms with Crippen LogP contribution in [0.4, 0.5) is 0 Å². The number of nitrogens with two attached hydrogens (primary N) is 1. The Morgan fingerprint density at radius 3 is 2.50 bits per heavy atom. The Hall–Kier alpha value is -1.30. The van der Waals surface area contributed by atoms with E-state index in [4.69, 9.17) is 5.84 Å². The lowest BCUT2D eigenvalue weighted by Gasteiger charge is -2.17. The van der Waals surface area contributed by atoms with Gasteiger partial charge in [-0.05, 0) is 35.0 Å². The minimum atomic E-state index is -0.0388. The van der Waals surface area contributed by atoms with Gasteiger partial charge in [0.15, 0.2) is 0 Å². The summed E-state index contributed by atoms with van der Waals surface area (Å²) in [4.78, 5) is 1.10. The molecule has 0 radical (unpaired) electrons. The first-order chi connectivity index (χ1) is 9.67. The second kappa shape index (κ2) is 6.92. The van der Waals surface area contributed by atoms with Crippen molar-refractivity contribution in [2.75, 3.05) is 0 Å². The van der Waals surface area contributed by atoms with E-state index in [0.29, 0.717) is 5.92 Å². The maximum atomic E-state index is 5.76. The number of aromatic nitrogens is 2. The van der Waals surface area contributed by atoms with Crippen molar-refractivity contribution in [3.63, 3.8) is 0 Å². The topological polar surface area (TPSA) is 63.8 Å². The fraction of sp³-hybridized carbons (Fsp3) is 0.467. The highest BCUT2D eigenvalue weighted by atomic mass is 32.1. The summed E-state index contributed by atoms with van der Waals surface area (Å²) in [5, 5.41) is 4.23. The molecule has 0 aliphatic carbocycles. The summed E-state index contributed by atoms with van der Waals surface area (Å²) in [7, 11) is 0. The molecule has 0 fully saturated rings. The van der Waals surface area contributed by atoms with Crippen LogP contribution >= 0.6 is 11.5 Å². The molecule has 0 spiro atoms. The van der Waals surface area contributed by atoms with E-state index in [9.17, 15) is 0 Å². The Balaban J connectivity index is 2.29. The maximum Gasteiger partial charge on any atom is 0.0837 e. The molecule has 20 heavy (non-hydrogen) atoms. The zero-order valence-corrected chi connectivity index (χ0v) is 13.1. The predicted octanol–water partition coefficient (Wildman–Crippen LogP) is 3.17. The lowest BCUT2D eigenvalue weighted by Crippen LogP contribution is -2.29. The molecule has 3 N–H and O–H groups in total. The Morgan fingerprint density at radius 1 is 1.25 bits per heavy atom. The van der Waals surface area contributed by atoms with E-state index in [2.05, 4.69) is 60.0 Å². The van der Waals surface area contributed by atoms with E-state index in [-0.39, 0.29) is 6.04 Å². The lowest BCUT2D eigenvalue weighted by atomic mass is 9.99.